The summed E-state index contributed by atoms with van der Waals surface area (Å²) in [5.74, 6) is -0.315. The molecule has 0 saturated carbocycles. The molecule has 4 N–H and O–H groups in total. The van der Waals surface area contributed by atoms with Crippen molar-refractivity contribution in [2.24, 2.45) is 0 Å². The van der Waals surface area contributed by atoms with Crippen molar-refractivity contribution in [2.75, 3.05) is 26.4 Å². The van der Waals surface area contributed by atoms with Crippen LogP contribution >= 0.6 is 0 Å². The molecule has 1 aliphatic rings. The first-order valence-electron chi connectivity index (χ1n) is 22.9. The first-order chi connectivity index (χ1) is 26.9. The van der Waals surface area contributed by atoms with Gasteiger partial charge in [-0.25, -0.2) is 0 Å². The van der Waals surface area contributed by atoms with E-state index >= 15 is 0 Å². The highest BCUT2D eigenvalue weighted by molar-refractivity contribution is 5.69. The highest BCUT2D eigenvalue weighted by Gasteiger charge is 2.44. The molecule has 9 heteroatoms. The maximum absolute atomic E-state index is 12.7. The number of hydrogen-bond donors (Lipinski definition) is 4. The van der Waals surface area contributed by atoms with Crippen molar-refractivity contribution in [2.45, 2.75) is 237 Å². The van der Waals surface area contributed by atoms with Crippen molar-refractivity contribution in [3.05, 3.63) is 24.3 Å². The molecule has 1 rings (SSSR count). The fourth-order valence-corrected chi connectivity index (χ4v) is 6.99. The Morgan fingerprint density at radius 3 is 1.56 bits per heavy atom. The van der Waals surface area contributed by atoms with E-state index in [4.69, 9.17) is 18.9 Å². The summed E-state index contributed by atoms with van der Waals surface area (Å²) in [5, 5.41) is 40.0. The van der Waals surface area contributed by atoms with Gasteiger partial charge in [-0.15, -0.1) is 0 Å². The van der Waals surface area contributed by atoms with E-state index in [0.717, 1.165) is 38.5 Å². The van der Waals surface area contributed by atoms with Crippen molar-refractivity contribution in [3.8, 4) is 0 Å². The number of aliphatic hydroxyl groups is 4. The number of allylic oxidation sites excluding steroid dienone is 4. The van der Waals surface area contributed by atoms with E-state index in [0.29, 0.717) is 13.0 Å². The van der Waals surface area contributed by atoms with Gasteiger partial charge in [0.15, 0.2) is 6.29 Å². The van der Waals surface area contributed by atoms with Crippen LogP contribution in [0.2, 0.25) is 0 Å². The van der Waals surface area contributed by atoms with Crippen LogP contribution in [0, 0.1) is 0 Å². The van der Waals surface area contributed by atoms with Crippen LogP contribution in [0.4, 0.5) is 0 Å². The molecule has 1 aliphatic heterocycles. The van der Waals surface area contributed by atoms with E-state index in [1.54, 1.807) is 0 Å². The first kappa shape index (κ1) is 51.7. The van der Waals surface area contributed by atoms with E-state index in [1.165, 1.54) is 141 Å². The number of rotatable bonds is 39. The Bertz CT molecular complexity index is 895. The molecule has 1 fully saturated rings. The van der Waals surface area contributed by atoms with Gasteiger partial charge in [0.2, 0.25) is 0 Å². The second-order valence-electron chi connectivity index (χ2n) is 15.9. The third-order valence-electron chi connectivity index (χ3n) is 10.6. The van der Waals surface area contributed by atoms with Crippen molar-refractivity contribution >= 4 is 5.97 Å². The summed E-state index contributed by atoms with van der Waals surface area (Å²) in [4.78, 5) is 12.7. The maximum atomic E-state index is 12.7. The van der Waals surface area contributed by atoms with Crippen LogP contribution in [0.25, 0.3) is 0 Å². The third kappa shape index (κ3) is 29.5. The minimum Gasteiger partial charge on any atom is -0.457 e. The van der Waals surface area contributed by atoms with Gasteiger partial charge in [-0.3, -0.25) is 4.79 Å². The van der Waals surface area contributed by atoms with Crippen LogP contribution in [0.1, 0.15) is 200 Å². The molecular formula is C46H86O9. The highest BCUT2D eigenvalue weighted by Crippen LogP contribution is 2.22. The highest BCUT2D eigenvalue weighted by atomic mass is 16.7. The van der Waals surface area contributed by atoms with Gasteiger partial charge in [0.25, 0.3) is 0 Å². The predicted molar refractivity (Wildman–Crippen MR) is 224 cm³/mol. The Morgan fingerprint density at radius 1 is 0.582 bits per heavy atom. The number of unbranched alkanes of at least 4 members (excludes halogenated alkanes) is 24. The Hall–Kier alpha value is -1.33. The van der Waals surface area contributed by atoms with E-state index in [-0.39, 0.29) is 19.2 Å². The van der Waals surface area contributed by atoms with E-state index < -0.39 is 43.4 Å². The number of ether oxygens (including phenoxy) is 4. The van der Waals surface area contributed by atoms with E-state index in [1.807, 2.05) is 0 Å². The summed E-state index contributed by atoms with van der Waals surface area (Å²) in [5.41, 5.74) is 0. The lowest BCUT2D eigenvalue weighted by atomic mass is 9.99. The Morgan fingerprint density at radius 2 is 1.05 bits per heavy atom. The van der Waals surface area contributed by atoms with Crippen LogP contribution in [-0.4, -0.2) is 89.6 Å². The summed E-state index contributed by atoms with van der Waals surface area (Å²) in [6.07, 6.45) is 36.6. The third-order valence-corrected chi connectivity index (χ3v) is 10.6. The predicted octanol–water partition coefficient (Wildman–Crippen LogP) is 10.2. The van der Waals surface area contributed by atoms with Gasteiger partial charge in [0.1, 0.15) is 30.5 Å². The molecule has 0 spiro atoms. The molecule has 55 heavy (non-hydrogen) atoms. The monoisotopic (exact) mass is 783 g/mol. The van der Waals surface area contributed by atoms with Gasteiger partial charge in [-0.1, -0.05) is 173 Å². The van der Waals surface area contributed by atoms with Crippen LogP contribution in [0.3, 0.4) is 0 Å². The summed E-state index contributed by atoms with van der Waals surface area (Å²) in [7, 11) is 0. The zero-order chi connectivity index (χ0) is 40.0. The molecule has 6 atom stereocenters. The van der Waals surface area contributed by atoms with E-state index in [9.17, 15) is 25.2 Å². The molecule has 0 aromatic carbocycles. The second-order valence-corrected chi connectivity index (χ2v) is 15.9. The van der Waals surface area contributed by atoms with Gasteiger partial charge in [0.05, 0.1) is 19.8 Å². The molecule has 0 amide bonds. The number of hydrogen-bond acceptors (Lipinski definition) is 9. The smallest absolute Gasteiger partial charge is 0.306 e. The largest absolute Gasteiger partial charge is 0.457 e. The fraction of sp³-hybridized carbons (Fsp3) is 0.891. The van der Waals surface area contributed by atoms with Crippen molar-refractivity contribution in [1.82, 2.24) is 0 Å². The summed E-state index contributed by atoms with van der Waals surface area (Å²) in [6, 6.07) is 0. The number of carbonyl (C=O) groups excluding carboxylic acids is 1. The zero-order valence-electron chi connectivity index (χ0n) is 35.4. The fourth-order valence-electron chi connectivity index (χ4n) is 6.99. The van der Waals surface area contributed by atoms with Crippen LogP contribution in [-0.2, 0) is 23.7 Å². The molecule has 0 aliphatic carbocycles. The number of aliphatic hydroxyl groups excluding tert-OH is 4. The molecule has 0 aromatic rings. The van der Waals surface area contributed by atoms with Crippen molar-refractivity contribution in [1.29, 1.82) is 0 Å². The molecule has 9 nitrogen and oxygen atoms in total. The first-order valence-corrected chi connectivity index (χ1v) is 22.9. The quantitative estimate of drug-likeness (QED) is 0.0273. The average molecular weight is 783 g/mol. The molecule has 1 saturated heterocycles. The average Bonchev–Trinajstić information content (AvgIpc) is 3.18. The Kier molecular flexibility index (Phi) is 35.9. The van der Waals surface area contributed by atoms with E-state index in [2.05, 4.69) is 38.2 Å². The SMILES string of the molecule is CCCCCCC/C=C\C/C=C\CCCCCCCCCCCCCCCC(=O)OC(COCCCCCCCCC)COC1OC(CO)C(O)C(O)C1O. The van der Waals surface area contributed by atoms with Crippen molar-refractivity contribution < 1.29 is 44.2 Å². The Labute approximate surface area is 337 Å². The summed E-state index contributed by atoms with van der Waals surface area (Å²) < 4.78 is 22.7. The van der Waals surface area contributed by atoms with Gasteiger partial charge in [0, 0.05) is 13.0 Å². The lowest BCUT2D eigenvalue weighted by Crippen LogP contribution is -2.59. The van der Waals surface area contributed by atoms with Gasteiger partial charge >= 0.3 is 5.97 Å². The second kappa shape index (κ2) is 38.2. The van der Waals surface area contributed by atoms with Crippen LogP contribution in [0.15, 0.2) is 24.3 Å². The molecule has 0 radical (unpaired) electrons. The molecule has 6 unspecified atom stereocenters. The molecular weight excluding hydrogens is 696 g/mol. The number of esters is 1. The molecule has 0 bridgehead atoms. The van der Waals surface area contributed by atoms with Gasteiger partial charge in [-0.2, -0.15) is 0 Å². The van der Waals surface area contributed by atoms with Gasteiger partial charge in [-0.05, 0) is 44.9 Å². The zero-order valence-corrected chi connectivity index (χ0v) is 35.4. The van der Waals surface area contributed by atoms with Crippen LogP contribution in [0.5, 0.6) is 0 Å². The van der Waals surface area contributed by atoms with Crippen LogP contribution < -0.4 is 0 Å². The number of carbonyl (C=O) groups is 1. The minimum absolute atomic E-state index is 0.110. The topological polar surface area (TPSA) is 135 Å². The lowest BCUT2D eigenvalue weighted by Gasteiger charge is -2.39. The minimum atomic E-state index is -1.53. The van der Waals surface area contributed by atoms with Gasteiger partial charge < -0.3 is 39.4 Å². The molecule has 324 valence electrons. The molecule has 1 heterocycles. The maximum Gasteiger partial charge on any atom is 0.306 e. The summed E-state index contributed by atoms with van der Waals surface area (Å²) in [6.45, 7) is 4.53. The normalized spacial score (nSPS) is 20.9. The standard InChI is InChI=1S/C46H86O9/c1-3-5-7-9-11-12-13-14-15-16-17-18-19-20-21-22-23-24-25-26-27-28-29-31-33-35-42(48)54-40(38-52-36-34-32-30-10-8-6-4-2)39-53-46-45(51)44(50)43(49)41(37-47)55-46/h13-14,16-17,40-41,43-47,49-51H,3-12,15,18-39H2,1-2H3/b14-13-,17-16-. The lowest BCUT2D eigenvalue weighted by molar-refractivity contribution is -0.305. The molecule has 0 aromatic heterocycles. The van der Waals surface area contributed by atoms with Crippen molar-refractivity contribution in [3.63, 3.8) is 0 Å². The summed E-state index contributed by atoms with van der Waals surface area (Å²) >= 11 is 0. The Balaban J connectivity index is 2.12.